The lowest BCUT2D eigenvalue weighted by molar-refractivity contribution is 0.318. The molecule has 0 fully saturated rings. The second-order valence-electron chi connectivity index (χ2n) is 0.316. The molecule has 0 aromatic rings. The SMILES string of the molecule is C.CCO.CO.O.O.O.O.O.[Al]. The zero-order valence-corrected chi connectivity index (χ0v) is 7.83. The Morgan fingerprint density at radius 3 is 0.833 bits per heavy atom. The molecule has 0 aliphatic rings. The van der Waals surface area contributed by atoms with Gasteiger partial charge >= 0.3 is 0 Å². The monoisotopic (exact) mass is 211 g/mol. The van der Waals surface area contributed by atoms with E-state index >= 15 is 0 Å². The van der Waals surface area contributed by atoms with E-state index in [1.54, 1.807) is 6.92 Å². The van der Waals surface area contributed by atoms with E-state index in [0.717, 1.165) is 7.11 Å². The van der Waals surface area contributed by atoms with Gasteiger partial charge in [0.05, 0.1) is 0 Å². The lowest BCUT2D eigenvalue weighted by atomic mass is 10.9. The fraction of sp³-hybridized carbons (Fsp3) is 1.00. The molecule has 0 saturated heterocycles. The predicted octanol–water partition coefficient (Wildman–Crippen LogP) is -4.26. The van der Waals surface area contributed by atoms with Gasteiger partial charge in [-0.15, -0.1) is 0 Å². The summed E-state index contributed by atoms with van der Waals surface area (Å²) in [6.07, 6.45) is 0. The van der Waals surface area contributed by atoms with Crippen LogP contribution < -0.4 is 0 Å². The first kappa shape index (κ1) is 147. The van der Waals surface area contributed by atoms with E-state index in [2.05, 4.69) is 0 Å². The highest BCUT2D eigenvalue weighted by molar-refractivity contribution is 5.75. The Kier molecular flexibility index (Phi) is 9210. The molecule has 0 unspecified atom stereocenters. The molecule has 0 saturated carbocycles. The van der Waals surface area contributed by atoms with Gasteiger partial charge in [0.2, 0.25) is 0 Å². The summed E-state index contributed by atoms with van der Waals surface area (Å²) >= 11 is 0. The van der Waals surface area contributed by atoms with Crippen LogP contribution in [0.4, 0.5) is 0 Å². The molecule has 0 aliphatic carbocycles. The van der Waals surface area contributed by atoms with Gasteiger partial charge in [-0.05, 0) is 6.92 Å². The maximum absolute atomic E-state index is 7.57. The maximum atomic E-state index is 7.57. The van der Waals surface area contributed by atoms with Crippen molar-refractivity contribution in [3.8, 4) is 0 Å². The lowest BCUT2D eigenvalue weighted by Gasteiger charge is -1.52. The fourth-order valence-electron chi connectivity index (χ4n) is 0. The van der Waals surface area contributed by atoms with Crippen molar-refractivity contribution < 1.29 is 37.6 Å². The minimum atomic E-state index is 0. The molecule has 7 nitrogen and oxygen atoms in total. The van der Waals surface area contributed by atoms with Crippen molar-refractivity contribution in [2.45, 2.75) is 14.4 Å². The van der Waals surface area contributed by atoms with Crippen molar-refractivity contribution in [2.75, 3.05) is 13.7 Å². The third-order valence-corrected chi connectivity index (χ3v) is 0. The highest BCUT2D eigenvalue weighted by Gasteiger charge is 1.34. The van der Waals surface area contributed by atoms with Gasteiger partial charge in [0, 0.05) is 31.1 Å². The highest BCUT2D eigenvalue weighted by Crippen LogP contribution is 1.30. The normalized spacial score (nSPS) is 2.00. The molecule has 0 aliphatic heterocycles. The Hall–Kier alpha value is 0.252. The molecule has 0 atom stereocenters. The first-order valence-electron chi connectivity index (χ1n) is 1.47. The van der Waals surface area contributed by atoms with Gasteiger partial charge < -0.3 is 37.6 Å². The van der Waals surface area contributed by atoms with Crippen LogP contribution in [-0.2, 0) is 0 Å². The zero-order chi connectivity index (χ0) is 4.71. The summed E-state index contributed by atoms with van der Waals surface area (Å²) in [7, 11) is 1.00. The Balaban J connectivity index is -0.00000000138. The predicted molar refractivity (Wildman–Crippen MR) is 51.5 cm³/mol. The van der Waals surface area contributed by atoms with E-state index in [1.165, 1.54) is 0 Å². The molecule has 85 valence electrons. The summed E-state index contributed by atoms with van der Waals surface area (Å²) in [6.45, 7) is 1.93. The second kappa shape index (κ2) is 754. The highest BCUT2D eigenvalue weighted by atomic mass is 27.0. The molecular formula is C4H24AlO7. The molecule has 0 aromatic carbocycles. The largest absolute Gasteiger partial charge is 0.412 e. The first-order chi connectivity index (χ1) is 2.41. The number of aliphatic hydroxyl groups is 2. The van der Waals surface area contributed by atoms with Crippen LogP contribution in [0.5, 0.6) is 0 Å². The molecule has 0 aromatic heterocycles. The number of hydrogen-bond acceptors (Lipinski definition) is 2. The van der Waals surface area contributed by atoms with Gasteiger partial charge in [-0.1, -0.05) is 7.43 Å². The van der Waals surface area contributed by atoms with E-state index < -0.39 is 0 Å². The fourth-order valence-corrected chi connectivity index (χ4v) is 0. The molecule has 0 bridgehead atoms. The van der Waals surface area contributed by atoms with Crippen LogP contribution in [0, 0.1) is 0 Å². The Morgan fingerprint density at radius 2 is 0.833 bits per heavy atom. The summed E-state index contributed by atoms with van der Waals surface area (Å²) in [4.78, 5) is 0. The number of hydrogen-bond donors (Lipinski definition) is 2. The lowest BCUT2D eigenvalue weighted by Crippen LogP contribution is -1.57. The van der Waals surface area contributed by atoms with Crippen LogP contribution in [0.1, 0.15) is 14.4 Å². The van der Waals surface area contributed by atoms with Crippen LogP contribution >= 0.6 is 0 Å². The van der Waals surface area contributed by atoms with Crippen LogP contribution in [-0.4, -0.2) is 68.7 Å². The van der Waals surface area contributed by atoms with E-state index in [9.17, 15) is 0 Å². The van der Waals surface area contributed by atoms with Crippen molar-refractivity contribution in [3.63, 3.8) is 0 Å². The van der Waals surface area contributed by atoms with Gasteiger partial charge in [0.15, 0.2) is 0 Å². The topological polar surface area (TPSA) is 198 Å². The molecule has 12 heavy (non-hydrogen) atoms. The quantitative estimate of drug-likeness (QED) is 0.382. The molecular weight excluding hydrogens is 187 g/mol. The minimum absolute atomic E-state index is 0. The average Bonchev–Trinajstić information content (AvgIpc) is 1.46. The van der Waals surface area contributed by atoms with Gasteiger partial charge in [-0.3, -0.25) is 0 Å². The molecule has 3 radical (unpaired) electrons. The van der Waals surface area contributed by atoms with E-state index in [-0.39, 0.29) is 58.8 Å². The summed E-state index contributed by atoms with van der Waals surface area (Å²) in [5.41, 5.74) is 0. The molecule has 0 heterocycles. The van der Waals surface area contributed by atoms with Crippen LogP contribution in [0.2, 0.25) is 0 Å². The van der Waals surface area contributed by atoms with Crippen molar-refractivity contribution >= 4 is 17.4 Å². The second-order valence-corrected chi connectivity index (χ2v) is 0.316. The summed E-state index contributed by atoms with van der Waals surface area (Å²) in [5.74, 6) is 0. The number of rotatable bonds is 0. The molecule has 0 amide bonds. The average molecular weight is 211 g/mol. The third kappa shape index (κ3) is 13800. The molecule has 12 N–H and O–H groups in total. The summed E-state index contributed by atoms with van der Waals surface area (Å²) in [6, 6.07) is 0. The van der Waals surface area contributed by atoms with Crippen LogP contribution in [0.15, 0.2) is 0 Å². The van der Waals surface area contributed by atoms with Gasteiger partial charge in [0.1, 0.15) is 0 Å². The molecule has 8 heteroatoms. The minimum Gasteiger partial charge on any atom is -0.412 e. The van der Waals surface area contributed by atoms with Crippen LogP contribution in [0.3, 0.4) is 0 Å². The number of aliphatic hydroxyl groups excluding tert-OH is 2. The van der Waals surface area contributed by atoms with Crippen molar-refractivity contribution in [2.24, 2.45) is 0 Å². The van der Waals surface area contributed by atoms with E-state index in [0.29, 0.717) is 0 Å². The Bertz CT molecular complexity index is 15.4. The van der Waals surface area contributed by atoms with Crippen LogP contribution in [0.25, 0.3) is 0 Å². The van der Waals surface area contributed by atoms with E-state index in [1.807, 2.05) is 0 Å². The Morgan fingerprint density at radius 1 is 0.833 bits per heavy atom. The van der Waals surface area contributed by atoms with Crippen molar-refractivity contribution in [1.29, 1.82) is 0 Å². The molecule has 0 spiro atoms. The van der Waals surface area contributed by atoms with Gasteiger partial charge in [0.25, 0.3) is 0 Å². The molecule has 0 rings (SSSR count). The zero-order valence-electron chi connectivity index (χ0n) is 6.68. The smallest absolute Gasteiger partial charge is 0.0402 e. The third-order valence-electron chi connectivity index (χ3n) is 0. The maximum Gasteiger partial charge on any atom is 0.0402 e. The van der Waals surface area contributed by atoms with Gasteiger partial charge in [-0.25, -0.2) is 0 Å². The van der Waals surface area contributed by atoms with Crippen molar-refractivity contribution in [3.05, 3.63) is 0 Å². The summed E-state index contributed by atoms with van der Waals surface area (Å²) < 4.78 is 0. The standard InChI is InChI=1S/C2H6O.CH4O.CH4.Al.5H2O/c1-2-3;1-2;;;;;;;/h3H,2H2,1H3;2H,1H3;1H4;;5*1H2. The van der Waals surface area contributed by atoms with Gasteiger partial charge in [-0.2, -0.15) is 0 Å². The summed E-state index contributed by atoms with van der Waals surface area (Å²) in [5, 5.41) is 14.6. The van der Waals surface area contributed by atoms with Crippen molar-refractivity contribution in [1.82, 2.24) is 0 Å². The Labute approximate surface area is 83.7 Å². The van der Waals surface area contributed by atoms with E-state index in [4.69, 9.17) is 10.2 Å². The first-order valence-corrected chi connectivity index (χ1v) is 1.47.